The number of pyridine rings is 2. The van der Waals surface area contributed by atoms with E-state index in [4.69, 9.17) is 14.2 Å². The van der Waals surface area contributed by atoms with Gasteiger partial charge in [0.2, 0.25) is 5.88 Å². The van der Waals surface area contributed by atoms with Crippen molar-refractivity contribution in [2.24, 2.45) is 0 Å². The zero-order valence-electron chi connectivity index (χ0n) is 19.8. The molecule has 1 atom stereocenters. The first-order valence-electron chi connectivity index (χ1n) is 11.1. The van der Waals surface area contributed by atoms with Crippen LogP contribution in [-0.4, -0.2) is 35.2 Å². The Morgan fingerprint density at radius 1 is 1.09 bits per heavy atom. The van der Waals surface area contributed by atoms with Crippen molar-refractivity contribution in [3.8, 4) is 17.4 Å². The van der Waals surface area contributed by atoms with E-state index < -0.39 is 22.9 Å². The summed E-state index contributed by atoms with van der Waals surface area (Å²) in [5, 5.41) is 4.60. The van der Waals surface area contributed by atoms with E-state index >= 15 is 0 Å². The minimum atomic E-state index is -0.891. The molecule has 180 valence electrons. The van der Waals surface area contributed by atoms with Crippen LogP contribution in [0.15, 0.2) is 58.4 Å². The number of hydrogen-bond acceptors (Lipinski definition) is 9. The van der Waals surface area contributed by atoms with Gasteiger partial charge in [0.15, 0.2) is 5.75 Å². The Morgan fingerprint density at radius 3 is 2.51 bits per heavy atom. The van der Waals surface area contributed by atoms with Gasteiger partial charge in [0.1, 0.15) is 17.5 Å². The van der Waals surface area contributed by atoms with Gasteiger partial charge >= 0.3 is 5.97 Å². The number of carbonyl (C=O) groups excluding carboxylic acids is 1. The van der Waals surface area contributed by atoms with E-state index in [-0.39, 0.29) is 24.0 Å². The highest BCUT2D eigenvalue weighted by molar-refractivity contribution is 5.86. The summed E-state index contributed by atoms with van der Waals surface area (Å²) < 4.78 is 16.3. The third-order valence-corrected chi connectivity index (χ3v) is 5.33. The summed E-state index contributed by atoms with van der Waals surface area (Å²) in [5.41, 5.74) is 0.171. The molecular weight excluding hydrogens is 450 g/mol. The molecule has 2 heterocycles. The average molecular weight is 476 g/mol. The predicted octanol–water partition coefficient (Wildman–Crippen LogP) is 3.31. The molecule has 35 heavy (non-hydrogen) atoms. The van der Waals surface area contributed by atoms with Crippen molar-refractivity contribution in [3.63, 3.8) is 0 Å². The highest BCUT2D eigenvalue weighted by Crippen LogP contribution is 2.28. The summed E-state index contributed by atoms with van der Waals surface area (Å²) in [4.78, 5) is 44.9. The second-order valence-corrected chi connectivity index (χ2v) is 8.36. The van der Waals surface area contributed by atoms with Gasteiger partial charge in [0.05, 0.1) is 18.6 Å². The van der Waals surface area contributed by atoms with E-state index in [0.717, 1.165) is 22.0 Å². The molecule has 9 nitrogen and oxygen atoms in total. The number of rotatable bonds is 9. The number of fused-ring (bicyclic) bond motifs is 1. The van der Waals surface area contributed by atoms with E-state index in [0.29, 0.717) is 11.6 Å². The number of nitrogens with zero attached hydrogens (tertiary/aromatic N) is 2. The Balaban J connectivity index is 1.52. The van der Waals surface area contributed by atoms with Crippen LogP contribution in [0.3, 0.4) is 0 Å². The normalized spacial score (nSPS) is 12.0. The molecule has 0 saturated heterocycles. The summed E-state index contributed by atoms with van der Waals surface area (Å²) >= 11 is 0. The van der Waals surface area contributed by atoms with Crippen molar-refractivity contribution in [3.05, 3.63) is 80.5 Å². The lowest BCUT2D eigenvalue weighted by Gasteiger charge is -2.21. The Kier molecular flexibility index (Phi) is 6.77. The quantitative estimate of drug-likeness (QED) is 0.287. The second kappa shape index (κ2) is 9.92. The maximum atomic E-state index is 12.4. The number of anilines is 1. The van der Waals surface area contributed by atoms with Gasteiger partial charge in [-0.05, 0) is 56.0 Å². The number of benzene rings is 1. The minimum Gasteiger partial charge on any atom is -0.485 e. The zero-order chi connectivity index (χ0) is 25.1. The lowest BCUT2D eigenvalue weighted by Crippen LogP contribution is -2.42. The average Bonchev–Trinajstić information content (AvgIpc) is 2.85. The molecule has 0 bridgehead atoms. The third-order valence-electron chi connectivity index (χ3n) is 5.33. The fraction of sp³-hybridized carbons (Fsp3) is 0.269. The topological polar surface area (TPSA) is 117 Å². The summed E-state index contributed by atoms with van der Waals surface area (Å²) in [6.45, 7) is 5.38. The van der Waals surface area contributed by atoms with Crippen molar-refractivity contribution in [2.75, 3.05) is 12.4 Å². The lowest BCUT2D eigenvalue weighted by molar-refractivity contribution is -0.141. The molecule has 4 aromatic rings. The molecule has 1 N–H and O–H groups in total. The van der Waals surface area contributed by atoms with Crippen molar-refractivity contribution in [1.82, 2.24) is 9.97 Å². The molecule has 0 unspecified atom stereocenters. The Labute approximate surface area is 201 Å². The molecule has 0 aliphatic rings. The second-order valence-electron chi connectivity index (χ2n) is 8.36. The van der Waals surface area contributed by atoms with Crippen LogP contribution in [-0.2, 0) is 16.0 Å². The Hall–Kier alpha value is -4.27. The minimum absolute atomic E-state index is 0.00920. The van der Waals surface area contributed by atoms with E-state index in [1.807, 2.05) is 19.1 Å². The SMILES string of the molecule is COC(=O)[C@H](Cc1ccc(Oc2nc(C)cc3ccncc23)cc1)Nc1c(OC(C)C)c(=O)c1=O. The molecule has 0 aliphatic heterocycles. The van der Waals surface area contributed by atoms with Crippen LogP contribution in [0.25, 0.3) is 10.8 Å². The number of hydrogen-bond donors (Lipinski definition) is 1. The van der Waals surface area contributed by atoms with Crippen LogP contribution in [0.4, 0.5) is 5.69 Å². The van der Waals surface area contributed by atoms with Crippen molar-refractivity contribution >= 4 is 22.4 Å². The molecular formula is C26H25N3O6. The molecule has 2 aromatic carbocycles. The lowest BCUT2D eigenvalue weighted by atomic mass is 10.0. The smallest absolute Gasteiger partial charge is 0.328 e. The first-order chi connectivity index (χ1) is 16.8. The van der Waals surface area contributed by atoms with E-state index in [1.165, 1.54) is 7.11 Å². The maximum absolute atomic E-state index is 12.4. The fourth-order valence-corrected chi connectivity index (χ4v) is 3.67. The molecule has 0 radical (unpaired) electrons. The van der Waals surface area contributed by atoms with E-state index in [9.17, 15) is 14.4 Å². The first-order valence-corrected chi connectivity index (χ1v) is 11.1. The summed E-state index contributed by atoms with van der Waals surface area (Å²) in [6, 6.07) is 10.1. The standard InChI is InChI=1S/C26H25N3O6/c1-14(2)34-24-21(22(30)23(24)31)29-20(26(32)33-4)12-16-5-7-18(8-6-16)35-25-19-13-27-10-9-17(19)11-15(3)28-25/h5-11,13-14,20,29H,12H2,1-4H3/t20-/m0/s1. The van der Waals surface area contributed by atoms with Gasteiger partial charge in [-0.2, -0.15) is 0 Å². The van der Waals surface area contributed by atoms with Gasteiger partial charge in [0.25, 0.3) is 10.9 Å². The third kappa shape index (κ3) is 5.13. The highest BCUT2D eigenvalue weighted by Gasteiger charge is 2.29. The monoisotopic (exact) mass is 475 g/mol. The van der Waals surface area contributed by atoms with Crippen LogP contribution in [0.2, 0.25) is 0 Å². The summed E-state index contributed by atoms with van der Waals surface area (Å²) in [6.07, 6.45) is 3.34. The van der Waals surface area contributed by atoms with Gasteiger partial charge in [-0.15, -0.1) is 0 Å². The molecule has 0 fully saturated rings. The molecule has 0 saturated carbocycles. The molecule has 0 aliphatic carbocycles. The Morgan fingerprint density at radius 2 is 1.83 bits per heavy atom. The first kappa shape index (κ1) is 23.9. The van der Waals surface area contributed by atoms with Gasteiger partial charge in [-0.3, -0.25) is 14.6 Å². The van der Waals surface area contributed by atoms with E-state index in [2.05, 4.69) is 15.3 Å². The fourth-order valence-electron chi connectivity index (χ4n) is 3.67. The van der Waals surface area contributed by atoms with Crippen molar-refractivity contribution in [1.29, 1.82) is 0 Å². The number of esters is 1. The number of aromatic nitrogens is 2. The van der Waals surface area contributed by atoms with Crippen LogP contribution in [0.5, 0.6) is 17.4 Å². The number of carbonyl (C=O) groups is 1. The molecule has 0 amide bonds. The van der Waals surface area contributed by atoms with Crippen molar-refractivity contribution in [2.45, 2.75) is 39.3 Å². The number of nitrogens with one attached hydrogen (secondary N) is 1. The van der Waals surface area contributed by atoms with Crippen LogP contribution in [0, 0.1) is 6.92 Å². The summed E-state index contributed by atoms with van der Waals surface area (Å²) in [7, 11) is 1.26. The van der Waals surface area contributed by atoms with Crippen LogP contribution in [0.1, 0.15) is 25.1 Å². The molecule has 4 rings (SSSR count). The maximum Gasteiger partial charge on any atom is 0.328 e. The highest BCUT2D eigenvalue weighted by atomic mass is 16.5. The van der Waals surface area contributed by atoms with Gasteiger partial charge in [-0.1, -0.05) is 12.1 Å². The molecule has 0 spiro atoms. The van der Waals surface area contributed by atoms with Gasteiger partial charge in [0, 0.05) is 24.5 Å². The number of methoxy groups -OCH3 is 1. The molecule has 2 aromatic heterocycles. The van der Waals surface area contributed by atoms with E-state index in [1.54, 1.807) is 50.5 Å². The van der Waals surface area contributed by atoms with Gasteiger partial charge < -0.3 is 19.5 Å². The Bertz CT molecular complexity index is 1440. The van der Waals surface area contributed by atoms with Crippen molar-refractivity contribution < 1.29 is 19.0 Å². The largest absolute Gasteiger partial charge is 0.485 e. The number of aryl methyl sites for hydroxylation is 1. The zero-order valence-corrected chi connectivity index (χ0v) is 19.8. The number of ether oxygens (including phenoxy) is 3. The summed E-state index contributed by atoms with van der Waals surface area (Å²) in [5.74, 6) is 0.384. The predicted molar refractivity (Wildman–Crippen MR) is 131 cm³/mol. The van der Waals surface area contributed by atoms with Crippen LogP contribution >= 0.6 is 0 Å². The van der Waals surface area contributed by atoms with Crippen LogP contribution < -0.4 is 25.6 Å². The molecule has 9 heteroatoms. The van der Waals surface area contributed by atoms with Gasteiger partial charge in [-0.25, -0.2) is 9.78 Å².